The van der Waals surface area contributed by atoms with E-state index in [4.69, 9.17) is 9.47 Å². The Bertz CT molecular complexity index is 1390. The van der Waals surface area contributed by atoms with Crippen LogP contribution >= 0.6 is 0 Å². The van der Waals surface area contributed by atoms with Gasteiger partial charge in [-0.15, -0.1) is 6.58 Å². The van der Waals surface area contributed by atoms with E-state index >= 15 is 0 Å². The molecule has 0 radical (unpaired) electrons. The van der Waals surface area contributed by atoms with Gasteiger partial charge >= 0.3 is 6.18 Å². The first-order valence-corrected chi connectivity index (χ1v) is 11.5. The van der Waals surface area contributed by atoms with Crippen LogP contribution in [0.25, 0.3) is 6.08 Å². The molecule has 0 unspecified atom stereocenters. The number of carbonyl (C=O) groups excluding carboxylic acids is 1. The van der Waals surface area contributed by atoms with E-state index in [9.17, 15) is 27.6 Å². The Balaban J connectivity index is 1.92. The fourth-order valence-corrected chi connectivity index (χ4v) is 3.57. The number of ether oxygens (including phenoxy) is 2. The second-order valence-corrected chi connectivity index (χ2v) is 8.05. The maximum absolute atomic E-state index is 13.6. The van der Waals surface area contributed by atoms with E-state index in [1.54, 1.807) is 43.3 Å². The molecule has 196 valence electrons. The molecule has 0 saturated carbocycles. The van der Waals surface area contributed by atoms with E-state index in [1.807, 2.05) is 0 Å². The van der Waals surface area contributed by atoms with Gasteiger partial charge in [-0.1, -0.05) is 24.3 Å². The highest BCUT2D eigenvalue weighted by Gasteiger charge is 2.30. The zero-order valence-corrected chi connectivity index (χ0v) is 20.4. The predicted octanol–water partition coefficient (Wildman–Crippen LogP) is 7.10. The van der Waals surface area contributed by atoms with E-state index in [1.165, 1.54) is 24.3 Å². The first-order chi connectivity index (χ1) is 18.1. The quantitative estimate of drug-likeness (QED) is 0.133. The third kappa shape index (κ3) is 7.46. The number of carbonyl (C=O) groups is 1. The predicted molar refractivity (Wildman–Crippen MR) is 136 cm³/mol. The lowest BCUT2D eigenvalue weighted by Gasteiger charge is -2.17. The van der Waals surface area contributed by atoms with Crippen molar-refractivity contribution in [1.29, 1.82) is 5.26 Å². The maximum Gasteiger partial charge on any atom is 0.416 e. The van der Waals surface area contributed by atoms with Crippen molar-refractivity contribution in [2.45, 2.75) is 26.1 Å². The summed E-state index contributed by atoms with van der Waals surface area (Å²) in [6.07, 6.45) is -1.28. The highest BCUT2D eigenvalue weighted by atomic mass is 19.4. The zero-order valence-electron chi connectivity index (χ0n) is 20.4. The van der Waals surface area contributed by atoms with Crippen LogP contribution in [0, 0.1) is 17.1 Å². The summed E-state index contributed by atoms with van der Waals surface area (Å²) < 4.78 is 64.3. The molecule has 5 nitrogen and oxygen atoms in total. The molecule has 0 spiro atoms. The molecule has 0 saturated heterocycles. The van der Waals surface area contributed by atoms with Gasteiger partial charge in [-0.2, -0.15) is 18.4 Å². The van der Waals surface area contributed by atoms with Crippen molar-refractivity contribution >= 4 is 17.7 Å². The fourth-order valence-electron chi connectivity index (χ4n) is 3.57. The molecular formula is C29H24F4N2O3. The van der Waals surface area contributed by atoms with Gasteiger partial charge in [0.15, 0.2) is 11.5 Å². The van der Waals surface area contributed by atoms with Crippen LogP contribution < -0.4 is 14.8 Å². The molecule has 0 aromatic heterocycles. The molecule has 3 aromatic rings. The van der Waals surface area contributed by atoms with Gasteiger partial charge in [0.1, 0.15) is 24.1 Å². The van der Waals surface area contributed by atoms with Gasteiger partial charge in [-0.3, -0.25) is 4.79 Å². The van der Waals surface area contributed by atoms with Gasteiger partial charge in [0, 0.05) is 11.3 Å². The summed E-state index contributed by atoms with van der Waals surface area (Å²) in [6, 6.07) is 15.1. The number of alkyl halides is 3. The molecule has 0 aliphatic rings. The second kappa shape index (κ2) is 12.6. The molecule has 0 fully saturated rings. The first-order valence-electron chi connectivity index (χ1n) is 11.5. The minimum absolute atomic E-state index is 0.0694. The lowest BCUT2D eigenvalue weighted by molar-refractivity contribution is -0.137. The number of rotatable bonds is 10. The van der Waals surface area contributed by atoms with E-state index in [-0.39, 0.29) is 24.5 Å². The highest BCUT2D eigenvalue weighted by molar-refractivity contribution is 6.09. The fraction of sp³-hybridized carbons (Fsp3) is 0.172. The molecule has 38 heavy (non-hydrogen) atoms. The van der Waals surface area contributed by atoms with Crippen molar-refractivity contribution in [1.82, 2.24) is 0 Å². The van der Waals surface area contributed by atoms with E-state index in [0.29, 0.717) is 34.6 Å². The van der Waals surface area contributed by atoms with Crippen LogP contribution in [-0.2, 0) is 24.0 Å². The molecule has 1 amide bonds. The van der Waals surface area contributed by atoms with Gasteiger partial charge in [-0.05, 0) is 73.0 Å². The number of nitrogens with one attached hydrogen (secondary N) is 1. The summed E-state index contributed by atoms with van der Waals surface area (Å²) in [4.78, 5) is 12.7. The van der Waals surface area contributed by atoms with E-state index in [0.717, 1.165) is 18.2 Å². The standard InChI is InChI=1S/C29H24F4N2O3/c1-3-7-21-12-20(15-26(37-4-2)27(21)38-18-19-8-5-10-24(30)14-19)13-22(17-34)28(36)35-25-11-6-9-23(16-25)29(31,32)33/h3,5-6,8-16H,1,4,7,18H2,2H3,(H,35,36)/b22-13+. The number of nitrogens with zero attached hydrogens (tertiary/aromatic N) is 1. The zero-order chi connectivity index (χ0) is 27.7. The van der Waals surface area contributed by atoms with Crippen LogP contribution in [0.3, 0.4) is 0 Å². The largest absolute Gasteiger partial charge is 0.490 e. The first kappa shape index (κ1) is 28.0. The Labute approximate surface area is 217 Å². The molecule has 0 bridgehead atoms. The van der Waals surface area contributed by atoms with Crippen LogP contribution in [0.15, 0.2) is 78.9 Å². The number of allylic oxidation sites excluding steroid dienone is 1. The summed E-state index contributed by atoms with van der Waals surface area (Å²) in [5.74, 6) is -0.526. The number of amides is 1. The van der Waals surface area contributed by atoms with Crippen LogP contribution in [-0.4, -0.2) is 12.5 Å². The third-order valence-electron chi connectivity index (χ3n) is 5.21. The van der Waals surface area contributed by atoms with Crippen molar-refractivity contribution in [3.8, 4) is 17.6 Å². The van der Waals surface area contributed by atoms with Crippen molar-refractivity contribution in [2.75, 3.05) is 11.9 Å². The number of benzene rings is 3. The summed E-state index contributed by atoms with van der Waals surface area (Å²) >= 11 is 0. The molecule has 0 atom stereocenters. The SMILES string of the molecule is C=CCc1cc(/C=C(\C#N)C(=O)Nc2cccc(C(F)(F)F)c2)cc(OCC)c1OCc1cccc(F)c1. The lowest BCUT2D eigenvalue weighted by atomic mass is 10.0. The highest BCUT2D eigenvalue weighted by Crippen LogP contribution is 2.35. The number of halogens is 4. The Morgan fingerprint density at radius 2 is 1.87 bits per heavy atom. The van der Waals surface area contributed by atoms with Crippen molar-refractivity contribution < 1.29 is 31.8 Å². The topological polar surface area (TPSA) is 71.4 Å². The van der Waals surface area contributed by atoms with Crippen LogP contribution in [0.2, 0.25) is 0 Å². The molecule has 0 aliphatic carbocycles. The average Bonchev–Trinajstić information content (AvgIpc) is 2.87. The van der Waals surface area contributed by atoms with Gasteiger partial charge in [0.2, 0.25) is 0 Å². The monoisotopic (exact) mass is 524 g/mol. The number of nitriles is 1. The molecule has 3 aromatic carbocycles. The second-order valence-electron chi connectivity index (χ2n) is 8.05. The summed E-state index contributed by atoms with van der Waals surface area (Å²) in [5.41, 5.74) is 0.321. The van der Waals surface area contributed by atoms with Crippen LogP contribution in [0.4, 0.5) is 23.2 Å². The normalized spacial score (nSPS) is 11.4. The summed E-state index contributed by atoms with van der Waals surface area (Å²) in [6.45, 7) is 5.88. The summed E-state index contributed by atoms with van der Waals surface area (Å²) in [7, 11) is 0. The molecule has 9 heteroatoms. The Morgan fingerprint density at radius 1 is 1.11 bits per heavy atom. The van der Waals surface area contributed by atoms with Crippen LogP contribution in [0.1, 0.15) is 29.2 Å². The van der Waals surface area contributed by atoms with Gasteiger partial charge < -0.3 is 14.8 Å². The van der Waals surface area contributed by atoms with Crippen molar-refractivity contribution in [3.05, 3.63) is 107 Å². The Morgan fingerprint density at radius 3 is 2.53 bits per heavy atom. The molecule has 0 heterocycles. The number of hydrogen-bond acceptors (Lipinski definition) is 4. The third-order valence-corrected chi connectivity index (χ3v) is 5.21. The molecular weight excluding hydrogens is 500 g/mol. The van der Waals surface area contributed by atoms with Crippen LogP contribution in [0.5, 0.6) is 11.5 Å². The lowest BCUT2D eigenvalue weighted by Crippen LogP contribution is -2.14. The van der Waals surface area contributed by atoms with Crippen molar-refractivity contribution in [2.24, 2.45) is 0 Å². The average molecular weight is 525 g/mol. The molecule has 0 aliphatic heterocycles. The van der Waals surface area contributed by atoms with Gasteiger partial charge in [0.05, 0.1) is 12.2 Å². The van der Waals surface area contributed by atoms with Gasteiger partial charge in [0.25, 0.3) is 5.91 Å². The Hall–Kier alpha value is -4.58. The molecule has 1 N–H and O–H groups in total. The molecule has 3 rings (SSSR count). The summed E-state index contributed by atoms with van der Waals surface area (Å²) in [5, 5.41) is 11.9. The number of hydrogen-bond donors (Lipinski definition) is 1. The smallest absolute Gasteiger partial charge is 0.416 e. The maximum atomic E-state index is 13.6. The Kier molecular flexibility index (Phi) is 9.28. The van der Waals surface area contributed by atoms with E-state index < -0.39 is 23.5 Å². The van der Waals surface area contributed by atoms with E-state index in [2.05, 4.69) is 11.9 Å². The number of anilines is 1. The minimum atomic E-state index is -4.58. The minimum Gasteiger partial charge on any atom is -0.490 e. The van der Waals surface area contributed by atoms with Gasteiger partial charge in [-0.25, -0.2) is 4.39 Å². The van der Waals surface area contributed by atoms with Crippen molar-refractivity contribution in [3.63, 3.8) is 0 Å².